The SMILES string of the molecule is COc1ccc([Si](C)(OC)OC)c(OC)c1OC. The highest BCUT2D eigenvalue weighted by Gasteiger charge is 2.37. The Labute approximate surface area is 109 Å². The molecule has 1 aromatic carbocycles. The van der Waals surface area contributed by atoms with Gasteiger partial charge in [0, 0.05) is 19.4 Å². The Hall–Kier alpha value is -1.24. The number of ether oxygens (including phenoxy) is 3. The van der Waals surface area contributed by atoms with E-state index in [2.05, 4.69) is 0 Å². The summed E-state index contributed by atoms with van der Waals surface area (Å²) < 4.78 is 27.1. The van der Waals surface area contributed by atoms with E-state index >= 15 is 0 Å². The number of hydrogen-bond acceptors (Lipinski definition) is 5. The molecule has 0 atom stereocenters. The van der Waals surface area contributed by atoms with Crippen LogP contribution in [0.3, 0.4) is 0 Å². The fourth-order valence-electron chi connectivity index (χ4n) is 1.76. The molecule has 18 heavy (non-hydrogen) atoms. The number of hydrogen-bond donors (Lipinski definition) is 0. The summed E-state index contributed by atoms with van der Waals surface area (Å²) in [6.45, 7) is 1.94. The third-order valence-electron chi connectivity index (χ3n) is 2.97. The van der Waals surface area contributed by atoms with E-state index in [1.807, 2.05) is 18.7 Å². The molecule has 0 aliphatic heterocycles. The summed E-state index contributed by atoms with van der Waals surface area (Å²) in [6.07, 6.45) is 0. The van der Waals surface area contributed by atoms with Gasteiger partial charge in [-0.25, -0.2) is 0 Å². The molecule has 0 N–H and O–H groups in total. The van der Waals surface area contributed by atoms with Crippen LogP contribution in [0.4, 0.5) is 0 Å². The molecule has 0 fully saturated rings. The first kappa shape index (κ1) is 14.8. The Morgan fingerprint density at radius 3 is 1.72 bits per heavy atom. The smallest absolute Gasteiger partial charge is 0.372 e. The molecular formula is C12H20O5Si. The van der Waals surface area contributed by atoms with Crippen molar-refractivity contribution >= 4 is 13.7 Å². The highest BCUT2D eigenvalue weighted by molar-refractivity contribution is 6.80. The first-order chi connectivity index (χ1) is 8.57. The van der Waals surface area contributed by atoms with Crippen molar-refractivity contribution < 1.29 is 23.1 Å². The van der Waals surface area contributed by atoms with Gasteiger partial charge in [-0.3, -0.25) is 0 Å². The van der Waals surface area contributed by atoms with Crippen LogP contribution in [0.15, 0.2) is 12.1 Å². The summed E-state index contributed by atoms with van der Waals surface area (Å²) in [5.74, 6) is 1.75. The maximum Gasteiger partial charge on any atom is 0.372 e. The lowest BCUT2D eigenvalue weighted by atomic mass is 10.3. The second-order valence-electron chi connectivity index (χ2n) is 3.74. The summed E-state index contributed by atoms with van der Waals surface area (Å²) in [5.41, 5.74) is 0. The lowest BCUT2D eigenvalue weighted by Crippen LogP contribution is -2.50. The van der Waals surface area contributed by atoms with E-state index in [1.54, 1.807) is 35.5 Å². The topological polar surface area (TPSA) is 46.2 Å². The lowest BCUT2D eigenvalue weighted by Gasteiger charge is -2.26. The molecule has 0 saturated heterocycles. The molecule has 0 spiro atoms. The average Bonchev–Trinajstić information content (AvgIpc) is 2.44. The third-order valence-corrected chi connectivity index (χ3v) is 5.90. The zero-order valence-corrected chi connectivity index (χ0v) is 12.7. The second-order valence-corrected chi connectivity index (χ2v) is 6.98. The van der Waals surface area contributed by atoms with Crippen molar-refractivity contribution in [1.82, 2.24) is 0 Å². The fourth-order valence-corrected chi connectivity index (χ4v) is 3.38. The predicted molar refractivity (Wildman–Crippen MR) is 71.4 cm³/mol. The number of rotatable bonds is 6. The lowest BCUT2D eigenvalue weighted by molar-refractivity contribution is 0.262. The van der Waals surface area contributed by atoms with Gasteiger partial charge in [0.2, 0.25) is 5.75 Å². The number of methoxy groups -OCH3 is 3. The third kappa shape index (κ3) is 2.45. The number of benzene rings is 1. The molecule has 0 aliphatic carbocycles. The summed E-state index contributed by atoms with van der Waals surface area (Å²) in [4.78, 5) is 0. The van der Waals surface area contributed by atoms with Crippen LogP contribution in [0, 0.1) is 0 Å². The van der Waals surface area contributed by atoms with Crippen LogP contribution in [0.1, 0.15) is 0 Å². The fraction of sp³-hybridized carbons (Fsp3) is 0.500. The molecule has 0 bridgehead atoms. The van der Waals surface area contributed by atoms with Crippen molar-refractivity contribution in [3.8, 4) is 17.2 Å². The van der Waals surface area contributed by atoms with Gasteiger partial charge in [-0.05, 0) is 12.6 Å². The van der Waals surface area contributed by atoms with Gasteiger partial charge in [0.1, 0.15) is 0 Å². The largest absolute Gasteiger partial charge is 0.493 e. The molecule has 5 nitrogen and oxygen atoms in total. The summed E-state index contributed by atoms with van der Waals surface area (Å²) in [5, 5.41) is 0.868. The highest BCUT2D eigenvalue weighted by atomic mass is 28.4. The van der Waals surface area contributed by atoms with Crippen LogP contribution in [0.25, 0.3) is 0 Å². The molecule has 0 radical (unpaired) electrons. The maximum atomic E-state index is 5.53. The zero-order chi connectivity index (χ0) is 13.8. The van der Waals surface area contributed by atoms with E-state index in [1.165, 1.54) is 0 Å². The van der Waals surface area contributed by atoms with Gasteiger partial charge in [0.05, 0.1) is 21.3 Å². The van der Waals surface area contributed by atoms with Crippen molar-refractivity contribution in [2.24, 2.45) is 0 Å². The summed E-state index contributed by atoms with van der Waals surface area (Å²) >= 11 is 0. The normalized spacial score (nSPS) is 11.2. The average molecular weight is 272 g/mol. The van der Waals surface area contributed by atoms with Crippen LogP contribution in [-0.2, 0) is 8.85 Å². The van der Waals surface area contributed by atoms with Crippen LogP contribution < -0.4 is 19.4 Å². The zero-order valence-electron chi connectivity index (χ0n) is 11.7. The minimum absolute atomic E-state index is 0.547. The van der Waals surface area contributed by atoms with Crippen molar-refractivity contribution in [2.45, 2.75) is 6.55 Å². The van der Waals surface area contributed by atoms with Gasteiger partial charge >= 0.3 is 8.56 Å². The standard InChI is InChI=1S/C12H20O5Si/c1-13-9-7-8-10(18(6,16-4)17-5)12(15-3)11(9)14-2/h7-8H,1-6H3. The predicted octanol–water partition coefficient (Wildman–Crippen LogP) is 1.28. The second kappa shape index (κ2) is 6.08. The Morgan fingerprint density at radius 1 is 0.778 bits per heavy atom. The van der Waals surface area contributed by atoms with Crippen molar-refractivity contribution in [1.29, 1.82) is 0 Å². The Bertz CT molecular complexity index is 404. The molecule has 1 aromatic rings. The Balaban J connectivity index is 3.46. The first-order valence-corrected chi connectivity index (χ1v) is 7.79. The molecular weight excluding hydrogens is 252 g/mol. The van der Waals surface area contributed by atoms with E-state index in [-0.39, 0.29) is 0 Å². The Morgan fingerprint density at radius 2 is 1.33 bits per heavy atom. The first-order valence-electron chi connectivity index (χ1n) is 5.47. The molecule has 0 heterocycles. The van der Waals surface area contributed by atoms with Gasteiger partial charge in [-0.2, -0.15) is 0 Å². The van der Waals surface area contributed by atoms with Crippen LogP contribution in [0.2, 0.25) is 6.55 Å². The molecule has 0 aliphatic rings. The van der Waals surface area contributed by atoms with Gasteiger partial charge in [0.25, 0.3) is 0 Å². The van der Waals surface area contributed by atoms with Crippen molar-refractivity contribution in [3.05, 3.63) is 12.1 Å². The van der Waals surface area contributed by atoms with E-state index in [0.717, 1.165) is 5.19 Å². The van der Waals surface area contributed by atoms with E-state index in [9.17, 15) is 0 Å². The molecule has 1 rings (SSSR count). The van der Waals surface area contributed by atoms with Gasteiger partial charge in [-0.1, -0.05) is 6.07 Å². The van der Waals surface area contributed by atoms with Crippen LogP contribution >= 0.6 is 0 Å². The molecule has 102 valence electrons. The summed E-state index contributed by atoms with van der Waals surface area (Å²) in [6, 6.07) is 3.71. The van der Waals surface area contributed by atoms with E-state index < -0.39 is 8.56 Å². The van der Waals surface area contributed by atoms with Crippen molar-refractivity contribution in [3.63, 3.8) is 0 Å². The monoisotopic (exact) mass is 272 g/mol. The van der Waals surface area contributed by atoms with E-state index in [4.69, 9.17) is 23.1 Å². The molecule has 6 heteroatoms. The minimum atomic E-state index is -2.48. The maximum absolute atomic E-state index is 5.53. The quantitative estimate of drug-likeness (QED) is 0.730. The van der Waals surface area contributed by atoms with Crippen molar-refractivity contribution in [2.75, 3.05) is 35.5 Å². The van der Waals surface area contributed by atoms with Gasteiger partial charge in [-0.15, -0.1) is 0 Å². The molecule has 0 amide bonds. The van der Waals surface area contributed by atoms with Crippen LogP contribution in [-0.4, -0.2) is 44.1 Å². The molecule has 0 aromatic heterocycles. The van der Waals surface area contributed by atoms with Gasteiger partial charge < -0.3 is 23.1 Å². The van der Waals surface area contributed by atoms with Crippen LogP contribution in [0.5, 0.6) is 17.2 Å². The highest BCUT2D eigenvalue weighted by Crippen LogP contribution is 2.36. The van der Waals surface area contributed by atoms with E-state index in [0.29, 0.717) is 17.2 Å². The molecule has 0 unspecified atom stereocenters. The minimum Gasteiger partial charge on any atom is -0.493 e. The van der Waals surface area contributed by atoms with Gasteiger partial charge in [0.15, 0.2) is 11.5 Å². The summed E-state index contributed by atoms with van der Waals surface area (Å²) in [7, 11) is 5.52. The molecule has 0 saturated carbocycles. The Kier molecular flexibility index (Phi) is 5.00.